The van der Waals surface area contributed by atoms with Crippen LogP contribution < -0.4 is 10.6 Å². The van der Waals surface area contributed by atoms with Gasteiger partial charge in [0.25, 0.3) is 0 Å². The summed E-state index contributed by atoms with van der Waals surface area (Å²) in [7, 11) is 0. The maximum Gasteiger partial charge on any atom is 0.185 e. The van der Waals surface area contributed by atoms with Crippen molar-refractivity contribution in [3.05, 3.63) is 11.1 Å². The fraction of sp³-hybridized carbons (Fsp3) is 0.556. The van der Waals surface area contributed by atoms with Crippen LogP contribution in [0.3, 0.4) is 0 Å². The van der Waals surface area contributed by atoms with Gasteiger partial charge in [-0.1, -0.05) is 5.16 Å². The molecular weight excluding hydrogens is 212 g/mol. The zero-order chi connectivity index (χ0) is 11.3. The molecule has 0 spiro atoms. The van der Waals surface area contributed by atoms with E-state index in [0.29, 0.717) is 6.42 Å². The lowest BCUT2D eigenvalue weighted by atomic mass is 10.3. The van der Waals surface area contributed by atoms with Crippen LogP contribution in [0.15, 0.2) is 10.5 Å². The van der Waals surface area contributed by atoms with E-state index >= 15 is 0 Å². The predicted octanol–water partition coefficient (Wildman–Crippen LogP) is 1.41. The molecule has 0 aliphatic carbocycles. The molecule has 0 fully saturated rings. The van der Waals surface area contributed by atoms with Gasteiger partial charge in [-0.05, 0) is 13.8 Å². The van der Waals surface area contributed by atoms with Crippen LogP contribution >= 0.6 is 11.3 Å². The summed E-state index contributed by atoms with van der Waals surface area (Å²) in [4.78, 5) is 6.49. The van der Waals surface area contributed by atoms with Crippen molar-refractivity contribution in [2.75, 3.05) is 18.0 Å². The van der Waals surface area contributed by atoms with Crippen molar-refractivity contribution in [2.24, 2.45) is 10.9 Å². The van der Waals surface area contributed by atoms with Gasteiger partial charge in [0, 0.05) is 24.9 Å². The Kier molecular flexibility index (Phi) is 4.36. The van der Waals surface area contributed by atoms with Gasteiger partial charge >= 0.3 is 0 Å². The molecule has 0 aromatic carbocycles. The SMILES string of the molecule is CCN(CCC(N)=NO)c1nc(C)cs1. The van der Waals surface area contributed by atoms with E-state index < -0.39 is 0 Å². The summed E-state index contributed by atoms with van der Waals surface area (Å²) in [5.74, 6) is 0.252. The van der Waals surface area contributed by atoms with Crippen molar-refractivity contribution < 1.29 is 5.21 Å². The van der Waals surface area contributed by atoms with Crippen LogP contribution in [0.5, 0.6) is 0 Å². The fourth-order valence-corrected chi connectivity index (χ4v) is 2.07. The van der Waals surface area contributed by atoms with Crippen LogP contribution in [0.25, 0.3) is 0 Å². The molecule has 0 radical (unpaired) electrons. The lowest BCUT2D eigenvalue weighted by Gasteiger charge is -2.18. The average Bonchev–Trinajstić information content (AvgIpc) is 2.65. The number of aryl methyl sites for hydroxylation is 1. The second kappa shape index (κ2) is 5.55. The normalized spacial score (nSPS) is 11.7. The Balaban J connectivity index is 2.57. The highest BCUT2D eigenvalue weighted by atomic mass is 32.1. The van der Waals surface area contributed by atoms with Gasteiger partial charge < -0.3 is 15.8 Å². The lowest BCUT2D eigenvalue weighted by molar-refractivity contribution is 0.317. The zero-order valence-electron chi connectivity index (χ0n) is 8.97. The second-order valence-electron chi connectivity index (χ2n) is 3.19. The summed E-state index contributed by atoms with van der Waals surface area (Å²) in [5.41, 5.74) is 6.44. The van der Waals surface area contributed by atoms with Crippen molar-refractivity contribution in [1.82, 2.24) is 4.98 Å². The summed E-state index contributed by atoms with van der Waals surface area (Å²) >= 11 is 1.61. The number of nitrogens with two attached hydrogens (primary N) is 1. The van der Waals surface area contributed by atoms with Crippen LogP contribution in [0.1, 0.15) is 19.0 Å². The monoisotopic (exact) mass is 228 g/mol. The molecular formula is C9H16N4OS. The molecule has 1 heterocycles. The van der Waals surface area contributed by atoms with Gasteiger partial charge in [-0.3, -0.25) is 0 Å². The summed E-state index contributed by atoms with van der Waals surface area (Å²) in [5, 5.41) is 14.4. The van der Waals surface area contributed by atoms with Gasteiger partial charge in [0.05, 0.1) is 5.69 Å². The van der Waals surface area contributed by atoms with Crippen LogP contribution in [0.4, 0.5) is 5.13 Å². The Morgan fingerprint density at radius 2 is 2.47 bits per heavy atom. The van der Waals surface area contributed by atoms with Crippen molar-refractivity contribution >= 4 is 22.3 Å². The maximum atomic E-state index is 8.43. The number of anilines is 1. The molecule has 5 nitrogen and oxygen atoms in total. The smallest absolute Gasteiger partial charge is 0.185 e. The van der Waals surface area contributed by atoms with Crippen LogP contribution in [-0.2, 0) is 0 Å². The Morgan fingerprint density at radius 3 is 2.93 bits per heavy atom. The fourth-order valence-electron chi connectivity index (χ4n) is 1.18. The number of thiazole rings is 1. The quantitative estimate of drug-likeness (QED) is 0.346. The first-order valence-electron chi connectivity index (χ1n) is 4.80. The number of amidine groups is 1. The number of hydrogen-bond donors (Lipinski definition) is 2. The molecule has 0 atom stereocenters. The van der Waals surface area contributed by atoms with Gasteiger partial charge in [0.15, 0.2) is 5.13 Å². The summed E-state index contributed by atoms with van der Waals surface area (Å²) in [6.45, 7) is 5.62. The summed E-state index contributed by atoms with van der Waals surface area (Å²) in [6, 6.07) is 0. The molecule has 0 aliphatic heterocycles. The minimum Gasteiger partial charge on any atom is -0.409 e. The first-order valence-corrected chi connectivity index (χ1v) is 5.68. The van der Waals surface area contributed by atoms with E-state index in [4.69, 9.17) is 10.9 Å². The van der Waals surface area contributed by atoms with Crippen LogP contribution in [0, 0.1) is 6.92 Å². The molecule has 0 unspecified atom stereocenters. The van der Waals surface area contributed by atoms with E-state index in [1.54, 1.807) is 11.3 Å². The van der Waals surface area contributed by atoms with E-state index in [1.165, 1.54) is 0 Å². The minimum absolute atomic E-state index is 0.252. The molecule has 0 amide bonds. The maximum absolute atomic E-state index is 8.43. The molecule has 0 bridgehead atoms. The first kappa shape index (κ1) is 11.8. The van der Waals surface area contributed by atoms with E-state index in [0.717, 1.165) is 23.9 Å². The van der Waals surface area contributed by atoms with Crippen molar-refractivity contribution in [1.29, 1.82) is 0 Å². The number of aromatic nitrogens is 1. The topological polar surface area (TPSA) is 74.7 Å². The standard InChI is InChI=1S/C9H16N4OS/c1-3-13(5-4-8(10)12-14)9-11-7(2)6-15-9/h6,14H,3-5H2,1-2H3,(H2,10,12). The molecule has 0 saturated heterocycles. The average molecular weight is 228 g/mol. The Morgan fingerprint density at radius 1 is 1.73 bits per heavy atom. The highest BCUT2D eigenvalue weighted by Crippen LogP contribution is 2.19. The van der Waals surface area contributed by atoms with Gasteiger partial charge in [-0.25, -0.2) is 4.98 Å². The molecule has 1 aromatic heterocycles. The van der Waals surface area contributed by atoms with Gasteiger partial charge in [0.2, 0.25) is 0 Å². The Bertz CT molecular complexity index is 337. The van der Waals surface area contributed by atoms with Gasteiger partial charge in [-0.15, -0.1) is 11.3 Å². The molecule has 15 heavy (non-hydrogen) atoms. The Labute approximate surface area is 93.2 Å². The molecule has 1 rings (SSSR count). The van der Waals surface area contributed by atoms with Gasteiger partial charge in [-0.2, -0.15) is 0 Å². The first-order chi connectivity index (χ1) is 7.17. The highest BCUT2D eigenvalue weighted by Gasteiger charge is 2.08. The molecule has 1 aromatic rings. The second-order valence-corrected chi connectivity index (χ2v) is 4.03. The zero-order valence-corrected chi connectivity index (χ0v) is 9.79. The third kappa shape index (κ3) is 3.39. The third-order valence-corrected chi connectivity index (χ3v) is 3.04. The van der Waals surface area contributed by atoms with Gasteiger partial charge in [0.1, 0.15) is 5.84 Å². The van der Waals surface area contributed by atoms with Crippen LogP contribution in [-0.4, -0.2) is 29.1 Å². The lowest BCUT2D eigenvalue weighted by Crippen LogP contribution is -2.27. The van der Waals surface area contributed by atoms with E-state index in [-0.39, 0.29) is 5.84 Å². The Hall–Kier alpha value is -1.30. The number of oxime groups is 1. The van der Waals surface area contributed by atoms with Crippen LogP contribution in [0.2, 0.25) is 0 Å². The molecule has 3 N–H and O–H groups in total. The number of rotatable bonds is 5. The minimum atomic E-state index is 0.252. The van der Waals surface area contributed by atoms with E-state index in [1.807, 2.05) is 12.3 Å². The number of nitrogens with zero attached hydrogens (tertiary/aromatic N) is 3. The van der Waals surface area contributed by atoms with E-state index in [9.17, 15) is 0 Å². The van der Waals surface area contributed by atoms with E-state index in [2.05, 4.69) is 22.0 Å². The third-order valence-electron chi connectivity index (χ3n) is 2.03. The number of hydrogen-bond acceptors (Lipinski definition) is 5. The predicted molar refractivity (Wildman–Crippen MR) is 62.8 cm³/mol. The van der Waals surface area contributed by atoms with Crippen molar-refractivity contribution in [2.45, 2.75) is 20.3 Å². The highest BCUT2D eigenvalue weighted by molar-refractivity contribution is 7.13. The summed E-state index contributed by atoms with van der Waals surface area (Å²) in [6.07, 6.45) is 0.545. The summed E-state index contributed by atoms with van der Waals surface area (Å²) < 4.78 is 0. The molecule has 0 aliphatic rings. The molecule has 6 heteroatoms. The van der Waals surface area contributed by atoms with Crippen molar-refractivity contribution in [3.8, 4) is 0 Å². The largest absolute Gasteiger partial charge is 0.409 e. The molecule has 0 saturated carbocycles. The molecule has 84 valence electrons. The van der Waals surface area contributed by atoms with Crippen molar-refractivity contribution in [3.63, 3.8) is 0 Å².